The first-order valence-corrected chi connectivity index (χ1v) is 10.8. The van der Waals surface area contributed by atoms with Gasteiger partial charge in [0.1, 0.15) is 0 Å². The number of aryl methyl sites for hydroxylation is 1. The average Bonchev–Trinajstić information content (AvgIpc) is 3.39. The van der Waals surface area contributed by atoms with Gasteiger partial charge in [0.2, 0.25) is 0 Å². The molecule has 4 rings (SSSR count). The Labute approximate surface area is 158 Å². The Hall–Kier alpha value is -0.910. The van der Waals surface area contributed by atoms with Crippen LogP contribution in [0.25, 0.3) is 0 Å². The van der Waals surface area contributed by atoms with Gasteiger partial charge in [-0.25, -0.2) is 0 Å². The van der Waals surface area contributed by atoms with Crippen molar-refractivity contribution in [3.8, 4) is 0 Å². The van der Waals surface area contributed by atoms with E-state index >= 15 is 0 Å². The molecular weight excluding hydrogens is 326 g/mol. The van der Waals surface area contributed by atoms with Crippen LogP contribution in [0.3, 0.4) is 0 Å². The first-order valence-electron chi connectivity index (χ1n) is 10.8. The number of ether oxygens (including phenoxy) is 1. The largest absolute Gasteiger partial charge is 0.377 e. The lowest BCUT2D eigenvalue weighted by Gasteiger charge is -2.38. The van der Waals surface area contributed by atoms with Gasteiger partial charge in [0.05, 0.1) is 18.3 Å². The van der Waals surface area contributed by atoms with Crippen LogP contribution in [-0.2, 0) is 11.3 Å². The number of likely N-dealkylation sites (tertiary alicyclic amines) is 1. The highest BCUT2D eigenvalue weighted by molar-refractivity contribution is 5.03. The Morgan fingerprint density at radius 3 is 2.54 bits per heavy atom. The van der Waals surface area contributed by atoms with E-state index < -0.39 is 0 Å². The van der Waals surface area contributed by atoms with E-state index in [1.165, 1.54) is 64.5 Å². The van der Waals surface area contributed by atoms with Crippen molar-refractivity contribution in [3.63, 3.8) is 0 Å². The molecule has 1 aromatic heterocycles. The van der Waals surface area contributed by atoms with Crippen LogP contribution >= 0.6 is 0 Å². The first kappa shape index (κ1) is 18.5. The molecule has 3 fully saturated rings. The van der Waals surface area contributed by atoms with Gasteiger partial charge in [0.15, 0.2) is 5.76 Å². The minimum atomic E-state index is 0.401. The molecule has 2 saturated heterocycles. The number of rotatable bonds is 7. The smallest absolute Gasteiger partial charge is 0.150 e. The van der Waals surface area contributed by atoms with Crippen LogP contribution in [0.4, 0.5) is 0 Å². The molecule has 0 radical (unpaired) electrons. The van der Waals surface area contributed by atoms with E-state index in [1.807, 2.05) is 6.92 Å². The Balaban J connectivity index is 1.30. The summed E-state index contributed by atoms with van der Waals surface area (Å²) in [5.41, 5.74) is 0.974. The second-order valence-corrected chi connectivity index (χ2v) is 8.68. The van der Waals surface area contributed by atoms with Crippen molar-refractivity contribution in [3.05, 3.63) is 17.5 Å². The van der Waals surface area contributed by atoms with E-state index in [-0.39, 0.29) is 0 Å². The van der Waals surface area contributed by atoms with Crippen molar-refractivity contribution in [1.29, 1.82) is 0 Å². The standard InChI is InChI=1S/C21H35N3O2/c1-17-13-21(26-22-17)16-23(15-20-7-4-12-25-20)14-18-8-10-24(11-9-18)19-5-2-3-6-19/h13,18-20H,2-12,14-16H2,1H3. The Kier molecular flexibility index (Phi) is 6.28. The summed E-state index contributed by atoms with van der Waals surface area (Å²) in [6, 6.07) is 2.96. The van der Waals surface area contributed by atoms with E-state index in [0.29, 0.717) is 6.10 Å². The maximum atomic E-state index is 5.90. The molecule has 2 aliphatic heterocycles. The molecule has 1 unspecified atom stereocenters. The Morgan fingerprint density at radius 2 is 1.88 bits per heavy atom. The van der Waals surface area contributed by atoms with E-state index in [4.69, 9.17) is 9.26 Å². The minimum absolute atomic E-state index is 0.401. The molecule has 26 heavy (non-hydrogen) atoms. The average molecular weight is 362 g/mol. The minimum Gasteiger partial charge on any atom is -0.377 e. The molecule has 5 nitrogen and oxygen atoms in total. The van der Waals surface area contributed by atoms with Crippen LogP contribution in [0, 0.1) is 12.8 Å². The quantitative estimate of drug-likeness (QED) is 0.742. The molecule has 146 valence electrons. The highest BCUT2D eigenvalue weighted by atomic mass is 16.5. The molecule has 1 atom stereocenters. The van der Waals surface area contributed by atoms with Crippen molar-refractivity contribution >= 4 is 0 Å². The fraction of sp³-hybridized carbons (Fsp3) is 0.857. The van der Waals surface area contributed by atoms with Crippen LogP contribution < -0.4 is 0 Å². The van der Waals surface area contributed by atoms with E-state index in [1.54, 1.807) is 0 Å². The summed E-state index contributed by atoms with van der Waals surface area (Å²) in [7, 11) is 0. The van der Waals surface area contributed by atoms with Crippen molar-refractivity contribution in [2.45, 2.75) is 77.0 Å². The number of piperidine rings is 1. The normalized spacial score (nSPS) is 26.3. The Bertz CT molecular complexity index is 541. The molecule has 1 aromatic rings. The summed E-state index contributed by atoms with van der Waals surface area (Å²) in [5, 5.41) is 4.06. The van der Waals surface area contributed by atoms with Crippen LogP contribution in [-0.4, -0.2) is 59.9 Å². The fourth-order valence-electron chi connectivity index (χ4n) is 5.13. The van der Waals surface area contributed by atoms with Crippen molar-refractivity contribution in [2.24, 2.45) is 5.92 Å². The summed E-state index contributed by atoms with van der Waals surface area (Å²) in [6.07, 6.45) is 11.2. The lowest BCUT2D eigenvalue weighted by atomic mass is 9.94. The van der Waals surface area contributed by atoms with Gasteiger partial charge in [-0.2, -0.15) is 0 Å². The molecule has 3 heterocycles. The highest BCUT2D eigenvalue weighted by Crippen LogP contribution is 2.28. The third kappa shape index (κ3) is 4.87. The Morgan fingerprint density at radius 1 is 1.08 bits per heavy atom. The second kappa shape index (κ2) is 8.85. The summed E-state index contributed by atoms with van der Waals surface area (Å²) in [4.78, 5) is 5.33. The molecule has 5 heteroatoms. The van der Waals surface area contributed by atoms with Crippen LogP contribution in [0.1, 0.15) is 62.8 Å². The summed E-state index contributed by atoms with van der Waals surface area (Å²) in [6.45, 7) is 8.58. The zero-order valence-electron chi connectivity index (χ0n) is 16.4. The van der Waals surface area contributed by atoms with Crippen LogP contribution in [0.5, 0.6) is 0 Å². The van der Waals surface area contributed by atoms with Crippen LogP contribution in [0.15, 0.2) is 10.6 Å². The highest BCUT2D eigenvalue weighted by Gasteiger charge is 2.29. The van der Waals surface area contributed by atoms with E-state index in [0.717, 1.165) is 49.7 Å². The summed E-state index contributed by atoms with van der Waals surface area (Å²) >= 11 is 0. The molecule has 0 amide bonds. The van der Waals surface area contributed by atoms with Gasteiger partial charge >= 0.3 is 0 Å². The molecule has 0 bridgehead atoms. The molecule has 0 spiro atoms. The molecular formula is C21H35N3O2. The molecule has 1 saturated carbocycles. The molecule has 3 aliphatic rings. The van der Waals surface area contributed by atoms with Gasteiger partial charge in [0.25, 0.3) is 0 Å². The predicted molar refractivity (Wildman–Crippen MR) is 102 cm³/mol. The van der Waals surface area contributed by atoms with Gasteiger partial charge in [-0.1, -0.05) is 18.0 Å². The van der Waals surface area contributed by atoms with Gasteiger partial charge in [-0.3, -0.25) is 4.90 Å². The second-order valence-electron chi connectivity index (χ2n) is 8.68. The number of aromatic nitrogens is 1. The van der Waals surface area contributed by atoms with Gasteiger partial charge in [-0.05, 0) is 64.5 Å². The van der Waals surface area contributed by atoms with Gasteiger partial charge in [0, 0.05) is 31.8 Å². The van der Waals surface area contributed by atoms with E-state index in [9.17, 15) is 0 Å². The third-order valence-corrected chi connectivity index (χ3v) is 6.55. The predicted octanol–water partition coefficient (Wildman–Crippen LogP) is 3.62. The number of hydrogen-bond acceptors (Lipinski definition) is 5. The van der Waals surface area contributed by atoms with Crippen molar-refractivity contribution in [1.82, 2.24) is 15.0 Å². The maximum Gasteiger partial charge on any atom is 0.150 e. The summed E-state index contributed by atoms with van der Waals surface area (Å²) in [5.74, 6) is 1.79. The molecule has 0 N–H and O–H groups in total. The van der Waals surface area contributed by atoms with Gasteiger partial charge < -0.3 is 14.2 Å². The summed E-state index contributed by atoms with van der Waals surface area (Å²) < 4.78 is 11.4. The lowest BCUT2D eigenvalue weighted by Crippen LogP contribution is -2.43. The zero-order chi connectivity index (χ0) is 17.8. The topological polar surface area (TPSA) is 41.7 Å². The monoisotopic (exact) mass is 361 g/mol. The molecule has 0 aromatic carbocycles. The van der Waals surface area contributed by atoms with Gasteiger partial charge in [-0.15, -0.1) is 0 Å². The number of hydrogen-bond donors (Lipinski definition) is 0. The van der Waals surface area contributed by atoms with E-state index in [2.05, 4.69) is 21.0 Å². The number of nitrogens with zero attached hydrogens (tertiary/aromatic N) is 3. The SMILES string of the molecule is Cc1cc(CN(CC2CCN(C3CCCC3)CC2)CC2CCCO2)on1. The van der Waals surface area contributed by atoms with Crippen molar-refractivity contribution in [2.75, 3.05) is 32.8 Å². The molecule has 1 aliphatic carbocycles. The maximum absolute atomic E-state index is 5.90. The zero-order valence-corrected chi connectivity index (χ0v) is 16.4. The fourth-order valence-corrected chi connectivity index (χ4v) is 5.13. The lowest BCUT2D eigenvalue weighted by molar-refractivity contribution is 0.0507. The van der Waals surface area contributed by atoms with Crippen LogP contribution in [0.2, 0.25) is 0 Å². The van der Waals surface area contributed by atoms with Crippen molar-refractivity contribution < 1.29 is 9.26 Å². The first-order chi connectivity index (χ1) is 12.8. The third-order valence-electron chi connectivity index (χ3n) is 6.55.